The fourth-order valence-corrected chi connectivity index (χ4v) is 2.05. The van der Waals surface area contributed by atoms with Crippen molar-refractivity contribution in [2.24, 2.45) is 0 Å². The van der Waals surface area contributed by atoms with Crippen LogP contribution in [0.4, 0.5) is 5.69 Å². The lowest BCUT2D eigenvalue weighted by Gasteiger charge is -2.12. The Morgan fingerprint density at radius 1 is 1.05 bits per heavy atom. The zero-order chi connectivity index (χ0) is 13.8. The quantitative estimate of drug-likeness (QED) is 0.877. The lowest BCUT2D eigenvalue weighted by atomic mass is 10.1. The molecule has 0 saturated carbocycles. The highest BCUT2D eigenvalue weighted by Crippen LogP contribution is 2.20. The monoisotopic (exact) mass is 255 g/mol. The van der Waals surface area contributed by atoms with Gasteiger partial charge in [-0.05, 0) is 42.7 Å². The summed E-state index contributed by atoms with van der Waals surface area (Å²) in [5.74, 6) is -0.894. The molecule has 0 saturated heterocycles. The summed E-state index contributed by atoms with van der Waals surface area (Å²) in [5, 5.41) is 12.2. The third-order valence-corrected chi connectivity index (χ3v) is 3.15. The van der Waals surface area contributed by atoms with Crippen molar-refractivity contribution in [2.75, 3.05) is 5.32 Å². The summed E-state index contributed by atoms with van der Waals surface area (Å²) in [7, 11) is 0. The van der Waals surface area contributed by atoms with E-state index in [0.29, 0.717) is 12.1 Å². The average molecular weight is 255 g/mol. The zero-order valence-electron chi connectivity index (χ0n) is 11.1. The van der Waals surface area contributed by atoms with Crippen LogP contribution >= 0.6 is 0 Å². The van der Waals surface area contributed by atoms with E-state index in [2.05, 4.69) is 31.3 Å². The predicted octanol–water partition coefficient (Wildman–Crippen LogP) is 3.61. The SMILES string of the molecule is Cc1cccc(C)c1NCc1ccc(C(=O)O)cc1. The van der Waals surface area contributed by atoms with Gasteiger partial charge in [0.25, 0.3) is 0 Å². The molecule has 0 radical (unpaired) electrons. The van der Waals surface area contributed by atoms with Crippen LogP contribution in [0.15, 0.2) is 42.5 Å². The largest absolute Gasteiger partial charge is 0.478 e. The smallest absolute Gasteiger partial charge is 0.335 e. The highest BCUT2D eigenvalue weighted by molar-refractivity contribution is 5.87. The van der Waals surface area contributed by atoms with Crippen LogP contribution in [0, 0.1) is 13.8 Å². The number of anilines is 1. The van der Waals surface area contributed by atoms with Crippen LogP contribution < -0.4 is 5.32 Å². The first kappa shape index (κ1) is 13.1. The number of carboxylic acid groups (broad SMARTS) is 1. The zero-order valence-corrected chi connectivity index (χ0v) is 11.1. The molecule has 0 spiro atoms. The van der Waals surface area contributed by atoms with Crippen molar-refractivity contribution in [3.63, 3.8) is 0 Å². The molecule has 98 valence electrons. The number of rotatable bonds is 4. The number of aromatic carboxylic acids is 1. The minimum atomic E-state index is -0.894. The number of nitrogens with one attached hydrogen (secondary N) is 1. The summed E-state index contributed by atoms with van der Waals surface area (Å²) >= 11 is 0. The Bertz CT molecular complexity index is 568. The Balaban J connectivity index is 2.08. The fraction of sp³-hybridized carbons (Fsp3) is 0.188. The van der Waals surface area contributed by atoms with Crippen LogP contribution in [0.3, 0.4) is 0 Å². The Kier molecular flexibility index (Phi) is 3.85. The molecule has 0 bridgehead atoms. The van der Waals surface area contributed by atoms with Crippen molar-refractivity contribution in [2.45, 2.75) is 20.4 Å². The minimum Gasteiger partial charge on any atom is -0.478 e. The highest BCUT2D eigenvalue weighted by atomic mass is 16.4. The molecule has 0 amide bonds. The molecule has 2 rings (SSSR count). The van der Waals surface area contributed by atoms with E-state index in [1.165, 1.54) is 11.1 Å². The number of aryl methyl sites for hydroxylation is 2. The van der Waals surface area contributed by atoms with Gasteiger partial charge in [-0.25, -0.2) is 4.79 Å². The lowest BCUT2D eigenvalue weighted by Crippen LogP contribution is -2.03. The normalized spacial score (nSPS) is 10.2. The molecule has 0 aliphatic heterocycles. The molecule has 0 fully saturated rings. The predicted molar refractivity (Wildman–Crippen MR) is 76.6 cm³/mol. The van der Waals surface area contributed by atoms with Crippen molar-refractivity contribution in [1.82, 2.24) is 0 Å². The molecule has 0 atom stereocenters. The first-order chi connectivity index (χ1) is 9.08. The molecule has 3 nitrogen and oxygen atoms in total. The number of carboxylic acids is 1. The Morgan fingerprint density at radius 2 is 1.63 bits per heavy atom. The number of hydrogen-bond donors (Lipinski definition) is 2. The van der Waals surface area contributed by atoms with E-state index >= 15 is 0 Å². The Labute approximate surface area is 112 Å². The Hall–Kier alpha value is -2.29. The number of para-hydroxylation sites is 1. The van der Waals surface area contributed by atoms with Crippen molar-refractivity contribution < 1.29 is 9.90 Å². The molecule has 2 aromatic carbocycles. The van der Waals surface area contributed by atoms with E-state index in [4.69, 9.17) is 5.11 Å². The summed E-state index contributed by atoms with van der Waals surface area (Å²) in [6.45, 7) is 4.83. The van der Waals surface area contributed by atoms with Crippen LogP contribution in [0.25, 0.3) is 0 Å². The molecular weight excluding hydrogens is 238 g/mol. The molecule has 2 aromatic rings. The fourth-order valence-electron chi connectivity index (χ4n) is 2.05. The summed E-state index contributed by atoms with van der Waals surface area (Å²) in [6.07, 6.45) is 0. The molecule has 19 heavy (non-hydrogen) atoms. The van der Waals surface area contributed by atoms with Crippen LogP contribution in [0.2, 0.25) is 0 Å². The maximum absolute atomic E-state index is 10.8. The lowest BCUT2D eigenvalue weighted by molar-refractivity contribution is 0.0697. The Morgan fingerprint density at radius 3 is 2.16 bits per heavy atom. The molecule has 0 aliphatic carbocycles. The standard InChI is InChI=1S/C16H17NO2/c1-11-4-3-5-12(2)15(11)17-10-13-6-8-14(9-7-13)16(18)19/h3-9,17H,10H2,1-2H3,(H,18,19). The van der Waals surface area contributed by atoms with Crippen molar-refractivity contribution in [3.8, 4) is 0 Å². The van der Waals surface area contributed by atoms with Gasteiger partial charge < -0.3 is 10.4 Å². The molecule has 0 heterocycles. The first-order valence-corrected chi connectivity index (χ1v) is 6.20. The van der Waals surface area contributed by atoms with Gasteiger partial charge in [-0.3, -0.25) is 0 Å². The van der Waals surface area contributed by atoms with E-state index in [9.17, 15) is 4.79 Å². The second-order valence-corrected chi connectivity index (χ2v) is 4.62. The van der Waals surface area contributed by atoms with Gasteiger partial charge in [0, 0.05) is 12.2 Å². The summed E-state index contributed by atoms with van der Waals surface area (Å²) < 4.78 is 0. The maximum atomic E-state index is 10.8. The van der Waals surface area contributed by atoms with Gasteiger partial charge in [-0.15, -0.1) is 0 Å². The highest BCUT2D eigenvalue weighted by Gasteiger charge is 2.03. The second kappa shape index (κ2) is 5.57. The van der Waals surface area contributed by atoms with Crippen molar-refractivity contribution in [1.29, 1.82) is 0 Å². The maximum Gasteiger partial charge on any atom is 0.335 e. The molecule has 0 unspecified atom stereocenters. The number of hydrogen-bond acceptors (Lipinski definition) is 2. The molecule has 3 heteroatoms. The van der Waals surface area contributed by atoms with Crippen LogP contribution in [0.5, 0.6) is 0 Å². The third-order valence-electron chi connectivity index (χ3n) is 3.15. The van der Waals surface area contributed by atoms with Crippen LogP contribution in [-0.2, 0) is 6.54 Å². The van der Waals surface area contributed by atoms with Crippen molar-refractivity contribution >= 4 is 11.7 Å². The van der Waals surface area contributed by atoms with Gasteiger partial charge in [-0.2, -0.15) is 0 Å². The van der Waals surface area contributed by atoms with E-state index in [1.54, 1.807) is 12.1 Å². The van der Waals surface area contributed by atoms with Gasteiger partial charge in [-0.1, -0.05) is 30.3 Å². The van der Waals surface area contributed by atoms with Crippen molar-refractivity contribution in [3.05, 3.63) is 64.7 Å². The first-order valence-electron chi connectivity index (χ1n) is 6.20. The number of carbonyl (C=O) groups is 1. The molecular formula is C16H17NO2. The van der Waals surface area contributed by atoms with Gasteiger partial charge in [0.05, 0.1) is 5.56 Å². The van der Waals surface area contributed by atoms with E-state index in [0.717, 1.165) is 11.3 Å². The second-order valence-electron chi connectivity index (χ2n) is 4.62. The van der Waals surface area contributed by atoms with E-state index in [1.807, 2.05) is 18.2 Å². The van der Waals surface area contributed by atoms with Gasteiger partial charge >= 0.3 is 5.97 Å². The molecule has 0 aliphatic rings. The topological polar surface area (TPSA) is 49.3 Å². The van der Waals surface area contributed by atoms with Gasteiger partial charge in [0.15, 0.2) is 0 Å². The average Bonchev–Trinajstić information content (AvgIpc) is 2.38. The third kappa shape index (κ3) is 3.13. The van der Waals surface area contributed by atoms with Gasteiger partial charge in [0.1, 0.15) is 0 Å². The van der Waals surface area contributed by atoms with Gasteiger partial charge in [0.2, 0.25) is 0 Å². The molecule has 0 aromatic heterocycles. The number of benzene rings is 2. The van der Waals surface area contributed by atoms with Crippen LogP contribution in [0.1, 0.15) is 27.0 Å². The van der Waals surface area contributed by atoms with E-state index < -0.39 is 5.97 Å². The summed E-state index contributed by atoms with van der Waals surface area (Å²) in [6, 6.07) is 13.1. The summed E-state index contributed by atoms with van der Waals surface area (Å²) in [5.41, 5.74) is 4.94. The molecule has 2 N–H and O–H groups in total. The van der Waals surface area contributed by atoms with E-state index in [-0.39, 0.29) is 0 Å². The van der Waals surface area contributed by atoms with Crippen LogP contribution in [-0.4, -0.2) is 11.1 Å². The minimum absolute atomic E-state index is 0.316. The summed E-state index contributed by atoms with van der Waals surface area (Å²) in [4.78, 5) is 10.8.